The molecule has 0 spiro atoms. The maximum absolute atomic E-state index is 12.0. The van der Waals surface area contributed by atoms with E-state index in [1.54, 1.807) is 18.7 Å². The van der Waals surface area contributed by atoms with Crippen molar-refractivity contribution in [2.75, 3.05) is 18.9 Å². The van der Waals surface area contributed by atoms with E-state index in [0.29, 0.717) is 18.8 Å². The maximum atomic E-state index is 12.0. The van der Waals surface area contributed by atoms with Gasteiger partial charge in [0, 0.05) is 25.1 Å². The fourth-order valence-electron chi connectivity index (χ4n) is 2.02. The quantitative estimate of drug-likeness (QED) is 0.826. The minimum atomic E-state index is -0.340. The molecule has 0 aliphatic carbocycles. The lowest BCUT2D eigenvalue weighted by molar-refractivity contribution is 0.0516. The number of esters is 1. The Kier molecular flexibility index (Phi) is 5.15. The van der Waals surface area contributed by atoms with Crippen molar-refractivity contribution in [3.63, 3.8) is 0 Å². The van der Waals surface area contributed by atoms with E-state index >= 15 is 0 Å². The van der Waals surface area contributed by atoms with Crippen LogP contribution in [0.2, 0.25) is 0 Å². The van der Waals surface area contributed by atoms with Gasteiger partial charge in [-0.1, -0.05) is 6.92 Å². The molecule has 0 unspecified atom stereocenters. The predicted octanol–water partition coefficient (Wildman–Crippen LogP) is 1.55. The molecule has 6 heteroatoms. The summed E-state index contributed by atoms with van der Waals surface area (Å²) < 4.78 is 5.09. The zero-order valence-electron chi connectivity index (χ0n) is 11.4. The Balaban J connectivity index is 2.34. The molecule has 1 aliphatic rings. The van der Waals surface area contributed by atoms with Crippen molar-refractivity contribution in [2.24, 2.45) is 0 Å². The number of hydrogen-bond donors (Lipinski definition) is 1. The number of carbonyl (C=O) groups excluding carboxylic acids is 1. The third-order valence-electron chi connectivity index (χ3n) is 2.88. The molecule has 2 heterocycles. The SMILES string of the molecule is CCOC(=O)c1nc(CSCC)nc2c1CNCC2. The van der Waals surface area contributed by atoms with Crippen molar-refractivity contribution in [1.29, 1.82) is 0 Å². The van der Waals surface area contributed by atoms with Crippen LogP contribution < -0.4 is 5.32 Å². The fraction of sp³-hybridized carbons (Fsp3) is 0.615. The van der Waals surface area contributed by atoms with Crippen LogP contribution in [0.1, 0.15) is 41.4 Å². The first-order chi connectivity index (χ1) is 9.26. The van der Waals surface area contributed by atoms with Crippen molar-refractivity contribution < 1.29 is 9.53 Å². The fourth-order valence-corrected chi connectivity index (χ4v) is 2.54. The molecule has 0 saturated heterocycles. The van der Waals surface area contributed by atoms with E-state index < -0.39 is 0 Å². The Morgan fingerprint density at radius 3 is 3.00 bits per heavy atom. The first-order valence-electron chi connectivity index (χ1n) is 6.60. The van der Waals surface area contributed by atoms with E-state index in [2.05, 4.69) is 22.2 Å². The van der Waals surface area contributed by atoms with E-state index in [1.165, 1.54) is 0 Å². The van der Waals surface area contributed by atoms with Gasteiger partial charge in [0.2, 0.25) is 0 Å². The first-order valence-corrected chi connectivity index (χ1v) is 7.76. The van der Waals surface area contributed by atoms with Gasteiger partial charge in [0.15, 0.2) is 5.69 Å². The molecule has 1 aromatic rings. The van der Waals surface area contributed by atoms with Crippen molar-refractivity contribution in [3.05, 3.63) is 22.8 Å². The minimum Gasteiger partial charge on any atom is -0.461 e. The molecule has 0 saturated carbocycles. The molecule has 0 aromatic carbocycles. The Morgan fingerprint density at radius 1 is 1.42 bits per heavy atom. The molecule has 5 nitrogen and oxygen atoms in total. The van der Waals surface area contributed by atoms with Gasteiger partial charge in [-0.25, -0.2) is 14.8 Å². The number of hydrogen-bond acceptors (Lipinski definition) is 6. The molecular formula is C13H19N3O2S. The Labute approximate surface area is 117 Å². The van der Waals surface area contributed by atoms with Crippen molar-refractivity contribution in [3.8, 4) is 0 Å². The molecule has 19 heavy (non-hydrogen) atoms. The summed E-state index contributed by atoms with van der Waals surface area (Å²) in [6.45, 7) is 5.80. The van der Waals surface area contributed by atoms with E-state index in [1.807, 2.05) is 0 Å². The molecule has 2 rings (SSSR count). The zero-order valence-corrected chi connectivity index (χ0v) is 12.2. The van der Waals surface area contributed by atoms with Crippen LogP contribution in [0.15, 0.2) is 0 Å². The predicted molar refractivity (Wildman–Crippen MR) is 75.2 cm³/mol. The van der Waals surface area contributed by atoms with Gasteiger partial charge >= 0.3 is 5.97 Å². The smallest absolute Gasteiger partial charge is 0.357 e. The third-order valence-corrected chi connectivity index (χ3v) is 3.75. The third kappa shape index (κ3) is 3.45. The van der Waals surface area contributed by atoms with Gasteiger partial charge < -0.3 is 10.1 Å². The zero-order chi connectivity index (χ0) is 13.7. The average Bonchev–Trinajstić information content (AvgIpc) is 2.44. The van der Waals surface area contributed by atoms with Crippen LogP contribution in [0.3, 0.4) is 0 Å². The van der Waals surface area contributed by atoms with Gasteiger partial charge in [-0.15, -0.1) is 0 Å². The van der Waals surface area contributed by atoms with Crippen molar-refractivity contribution in [1.82, 2.24) is 15.3 Å². The van der Waals surface area contributed by atoms with Crippen LogP contribution >= 0.6 is 11.8 Å². The number of aromatic nitrogens is 2. The van der Waals surface area contributed by atoms with E-state index in [9.17, 15) is 4.79 Å². The minimum absolute atomic E-state index is 0.340. The lowest BCUT2D eigenvalue weighted by Crippen LogP contribution is -2.28. The summed E-state index contributed by atoms with van der Waals surface area (Å²) >= 11 is 1.75. The molecule has 0 atom stereocenters. The van der Waals surface area contributed by atoms with E-state index in [-0.39, 0.29) is 5.97 Å². The van der Waals surface area contributed by atoms with Crippen molar-refractivity contribution in [2.45, 2.75) is 32.6 Å². The van der Waals surface area contributed by atoms with Gasteiger partial charge in [-0.3, -0.25) is 0 Å². The molecule has 0 bridgehead atoms. The van der Waals surface area contributed by atoms with Gasteiger partial charge in [0.1, 0.15) is 5.82 Å². The lowest BCUT2D eigenvalue weighted by Gasteiger charge is -2.19. The number of fused-ring (bicyclic) bond motifs is 1. The normalized spacial score (nSPS) is 14.0. The number of thioether (sulfide) groups is 1. The second kappa shape index (κ2) is 6.86. The molecule has 0 amide bonds. The monoisotopic (exact) mass is 281 g/mol. The number of ether oxygens (including phenoxy) is 1. The molecule has 0 radical (unpaired) electrons. The topological polar surface area (TPSA) is 64.1 Å². The molecule has 1 aliphatic heterocycles. The van der Waals surface area contributed by atoms with Crippen molar-refractivity contribution >= 4 is 17.7 Å². The second-order valence-corrected chi connectivity index (χ2v) is 5.47. The van der Waals surface area contributed by atoms with Gasteiger partial charge in [-0.05, 0) is 12.7 Å². The highest BCUT2D eigenvalue weighted by atomic mass is 32.2. The number of nitrogens with one attached hydrogen (secondary N) is 1. The molecule has 1 N–H and O–H groups in total. The van der Waals surface area contributed by atoms with Gasteiger partial charge in [0.25, 0.3) is 0 Å². The molecule has 0 fully saturated rings. The van der Waals surface area contributed by atoms with E-state index in [0.717, 1.165) is 41.6 Å². The summed E-state index contributed by atoms with van der Waals surface area (Å²) in [6.07, 6.45) is 0.841. The molecular weight excluding hydrogens is 262 g/mol. The Bertz CT molecular complexity index is 465. The Morgan fingerprint density at radius 2 is 2.26 bits per heavy atom. The maximum Gasteiger partial charge on any atom is 0.357 e. The van der Waals surface area contributed by atoms with Crippen LogP contribution in [0.4, 0.5) is 0 Å². The average molecular weight is 281 g/mol. The number of carbonyl (C=O) groups is 1. The molecule has 1 aromatic heterocycles. The largest absolute Gasteiger partial charge is 0.461 e. The molecule has 104 valence electrons. The first kappa shape index (κ1) is 14.3. The highest BCUT2D eigenvalue weighted by molar-refractivity contribution is 7.98. The van der Waals surface area contributed by atoms with Crippen LogP contribution in [0.5, 0.6) is 0 Å². The highest BCUT2D eigenvalue weighted by Crippen LogP contribution is 2.18. The summed E-state index contributed by atoms with van der Waals surface area (Å²) in [7, 11) is 0. The highest BCUT2D eigenvalue weighted by Gasteiger charge is 2.22. The summed E-state index contributed by atoms with van der Waals surface area (Å²) in [6, 6.07) is 0. The van der Waals surface area contributed by atoms with Gasteiger partial charge in [-0.2, -0.15) is 11.8 Å². The number of rotatable bonds is 5. The summed E-state index contributed by atoms with van der Waals surface area (Å²) in [5.41, 5.74) is 2.32. The van der Waals surface area contributed by atoms with Crippen LogP contribution in [-0.4, -0.2) is 34.8 Å². The second-order valence-electron chi connectivity index (χ2n) is 4.20. The van der Waals surface area contributed by atoms with Crippen LogP contribution in [-0.2, 0) is 23.5 Å². The standard InChI is InChI=1S/C13H19N3O2S/c1-3-18-13(17)12-9-7-14-6-5-10(9)15-11(16-12)8-19-4-2/h14H,3-8H2,1-2H3. The van der Waals surface area contributed by atoms with Crippen LogP contribution in [0, 0.1) is 0 Å². The lowest BCUT2D eigenvalue weighted by atomic mass is 10.1. The summed E-state index contributed by atoms with van der Waals surface area (Å²) in [5, 5.41) is 3.25. The Hall–Kier alpha value is -1.14. The number of nitrogens with zero attached hydrogens (tertiary/aromatic N) is 2. The summed E-state index contributed by atoms with van der Waals surface area (Å²) in [5.74, 6) is 2.14. The summed E-state index contributed by atoms with van der Waals surface area (Å²) in [4.78, 5) is 21.0. The van der Waals surface area contributed by atoms with E-state index in [4.69, 9.17) is 4.74 Å². The van der Waals surface area contributed by atoms with Gasteiger partial charge in [0.05, 0.1) is 18.1 Å². The van der Waals surface area contributed by atoms with Crippen LogP contribution in [0.25, 0.3) is 0 Å².